The predicted octanol–water partition coefficient (Wildman–Crippen LogP) is 1.60. The van der Waals surface area contributed by atoms with Crippen LogP contribution in [0.25, 0.3) is 6.08 Å². The summed E-state index contributed by atoms with van der Waals surface area (Å²) in [6.45, 7) is 2.14. The van der Waals surface area contributed by atoms with Crippen LogP contribution in [-0.2, 0) is 9.59 Å². The lowest BCUT2D eigenvalue weighted by Crippen LogP contribution is -2.23. The molecule has 0 aliphatic carbocycles. The summed E-state index contributed by atoms with van der Waals surface area (Å²) in [5, 5.41) is 10.9. The average Bonchev–Trinajstić information content (AvgIpc) is 2.28. The molecule has 0 aromatic heterocycles. The van der Waals surface area contributed by atoms with Crippen molar-refractivity contribution in [1.29, 1.82) is 0 Å². The van der Waals surface area contributed by atoms with E-state index in [-0.39, 0.29) is 18.9 Å². The van der Waals surface area contributed by atoms with E-state index in [1.54, 1.807) is 6.08 Å². The number of aliphatic carboxylic acids is 1. The van der Waals surface area contributed by atoms with Crippen molar-refractivity contribution in [1.82, 2.24) is 5.32 Å². The van der Waals surface area contributed by atoms with Gasteiger partial charge in [-0.25, -0.2) is 0 Å². The number of benzene rings is 1. The van der Waals surface area contributed by atoms with Gasteiger partial charge in [0, 0.05) is 12.6 Å². The normalized spacial score (nSPS) is 10.4. The zero-order valence-electron chi connectivity index (χ0n) is 9.64. The second-order valence-electron chi connectivity index (χ2n) is 3.68. The Kier molecular flexibility index (Phi) is 4.94. The molecule has 0 spiro atoms. The molecule has 4 heteroatoms. The molecule has 0 aliphatic heterocycles. The maximum atomic E-state index is 11.3. The summed E-state index contributed by atoms with van der Waals surface area (Å²) in [6, 6.07) is 7.75. The Hall–Kier alpha value is -2.10. The van der Waals surface area contributed by atoms with Gasteiger partial charge in [-0.1, -0.05) is 29.8 Å². The van der Waals surface area contributed by atoms with Crippen LogP contribution in [-0.4, -0.2) is 23.5 Å². The van der Waals surface area contributed by atoms with E-state index in [2.05, 4.69) is 5.32 Å². The largest absolute Gasteiger partial charge is 0.481 e. The number of carboxylic acid groups (broad SMARTS) is 1. The number of amides is 1. The molecule has 0 bridgehead atoms. The Morgan fingerprint density at radius 3 is 2.53 bits per heavy atom. The Labute approximate surface area is 100.0 Å². The van der Waals surface area contributed by atoms with E-state index >= 15 is 0 Å². The zero-order valence-corrected chi connectivity index (χ0v) is 9.64. The number of carbonyl (C=O) groups excluding carboxylic acids is 1. The number of rotatable bonds is 5. The van der Waals surface area contributed by atoms with Gasteiger partial charge in [0.25, 0.3) is 0 Å². The monoisotopic (exact) mass is 233 g/mol. The van der Waals surface area contributed by atoms with Gasteiger partial charge in [-0.15, -0.1) is 0 Å². The van der Waals surface area contributed by atoms with Crippen molar-refractivity contribution in [2.45, 2.75) is 13.3 Å². The number of carboxylic acids is 1. The molecule has 1 rings (SSSR count). The Morgan fingerprint density at radius 1 is 1.29 bits per heavy atom. The molecule has 17 heavy (non-hydrogen) atoms. The average molecular weight is 233 g/mol. The molecule has 90 valence electrons. The quantitative estimate of drug-likeness (QED) is 0.759. The lowest BCUT2D eigenvalue weighted by molar-refractivity contribution is -0.136. The number of nitrogens with one attached hydrogen (secondary N) is 1. The number of aryl methyl sites for hydroxylation is 1. The highest BCUT2D eigenvalue weighted by Gasteiger charge is 1.98. The van der Waals surface area contributed by atoms with E-state index in [0.717, 1.165) is 11.1 Å². The Balaban J connectivity index is 2.40. The third-order valence-electron chi connectivity index (χ3n) is 2.14. The summed E-state index contributed by atoms with van der Waals surface area (Å²) < 4.78 is 0. The number of carbonyl (C=O) groups is 2. The lowest BCUT2D eigenvalue weighted by atomic mass is 10.1. The van der Waals surface area contributed by atoms with Crippen LogP contribution in [0.4, 0.5) is 0 Å². The molecule has 0 unspecified atom stereocenters. The minimum absolute atomic E-state index is 0.0654. The molecular weight excluding hydrogens is 218 g/mol. The minimum Gasteiger partial charge on any atom is -0.481 e. The maximum Gasteiger partial charge on any atom is 0.305 e. The van der Waals surface area contributed by atoms with Crippen molar-refractivity contribution in [3.8, 4) is 0 Å². The van der Waals surface area contributed by atoms with Crippen molar-refractivity contribution in [3.05, 3.63) is 41.5 Å². The molecule has 2 N–H and O–H groups in total. The first kappa shape index (κ1) is 13.0. The topological polar surface area (TPSA) is 66.4 Å². The molecule has 1 amide bonds. The van der Waals surface area contributed by atoms with Gasteiger partial charge >= 0.3 is 5.97 Å². The first-order valence-electron chi connectivity index (χ1n) is 5.32. The van der Waals surface area contributed by atoms with E-state index < -0.39 is 5.97 Å². The van der Waals surface area contributed by atoms with E-state index in [1.165, 1.54) is 6.08 Å². The molecule has 4 nitrogen and oxygen atoms in total. The standard InChI is InChI=1S/C13H15NO3/c1-10-2-4-11(5-3-10)6-7-12(15)14-9-8-13(16)17/h2-7H,8-9H2,1H3,(H,14,15)(H,16,17)/b7-6+. The van der Waals surface area contributed by atoms with Crippen molar-refractivity contribution >= 4 is 18.0 Å². The smallest absolute Gasteiger partial charge is 0.305 e. The SMILES string of the molecule is Cc1ccc(/C=C/C(=O)NCCC(=O)O)cc1. The van der Waals surface area contributed by atoms with Crippen molar-refractivity contribution in [3.63, 3.8) is 0 Å². The third kappa shape index (κ3) is 5.51. The van der Waals surface area contributed by atoms with Gasteiger partial charge < -0.3 is 10.4 Å². The van der Waals surface area contributed by atoms with Gasteiger partial charge in [0.2, 0.25) is 5.91 Å². The van der Waals surface area contributed by atoms with E-state index in [0.29, 0.717) is 0 Å². The van der Waals surface area contributed by atoms with Crippen LogP contribution in [0.15, 0.2) is 30.3 Å². The third-order valence-corrected chi connectivity index (χ3v) is 2.14. The minimum atomic E-state index is -0.923. The molecule has 1 aromatic carbocycles. The summed E-state index contributed by atoms with van der Waals surface area (Å²) in [4.78, 5) is 21.5. The fourth-order valence-corrected chi connectivity index (χ4v) is 1.20. The fourth-order valence-electron chi connectivity index (χ4n) is 1.20. The van der Waals surface area contributed by atoms with Crippen molar-refractivity contribution < 1.29 is 14.7 Å². The van der Waals surface area contributed by atoms with Gasteiger partial charge in [0.1, 0.15) is 0 Å². The molecular formula is C13H15NO3. The van der Waals surface area contributed by atoms with Crippen LogP contribution in [0.1, 0.15) is 17.5 Å². The number of hydrogen-bond donors (Lipinski definition) is 2. The lowest BCUT2D eigenvalue weighted by Gasteiger charge is -1.98. The van der Waals surface area contributed by atoms with Crippen LogP contribution < -0.4 is 5.32 Å². The van der Waals surface area contributed by atoms with E-state index in [9.17, 15) is 9.59 Å². The van der Waals surface area contributed by atoms with Crippen LogP contribution in [0.5, 0.6) is 0 Å². The van der Waals surface area contributed by atoms with Gasteiger partial charge in [0.15, 0.2) is 0 Å². The molecule has 0 heterocycles. The van der Waals surface area contributed by atoms with Crippen LogP contribution in [0.2, 0.25) is 0 Å². The Morgan fingerprint density at radius 2 is 1.94 bits per heavy atom. The van der Waals surface area contributed by atoms with Crippen LogP contribution in [0, 0.1) is 6.92 Å². The highest BCUT2D eigenvalue weighted by Crippen LogP contribution is 2.04. The van der Waals surface area contributed by atoms with Crippen molar-refractivity contribution in [2.24, 2.45) is 0 Å². The molecule has 0 saturated heterocycles. The fraction of sp³-hybridized carbons (Fsp3) is 0.231. The highest BCUT2D eigenvalue weighted by molar-refractivity contribution is 5.91. The number of hydrogen-bond acceptors (Lipinski definition) is 2. The van der Waals surface area contributed by atoms with Gasteiger partial charge in [-0.2, -0.15) is 0 Å². The summed E-state index contributed by atoms with van der Waals surface area (Å²) in [7, 11) is 0. The second kappa shape index (κ2) is 6.48. The van der Waals surface area contributed by atoms with Gasteiger partial charge in [0.05, 0.1) is 6.42 Å². The van der Waals surface area contributed by atoms with Crippen LogP contribution >= 0.6 is 0 Å². The molecule has 0 radical (unpaired) electrons. The second-order valence-corrected chi connectivity index (χ2v) is 3.68. The van der Waals surface area contributed by atoms with Crippen LogP contribution in [0.3, 0.4) is 0 Å². The predicted molar refractivity (Wildman–Crippen MR) is 65.5 cm³/mol. The van der Waals surface area contributed by atoms with E-state index in [4.69, 9.17) is 5.11 Å². The van der Waals surface area contributed by atoms with Gasteiger partial charge in [-0.3, -0.25) is 9.59 Å². The highest BCUT2D eigenvalue weighted by atomic mass is 16.4. The zero-order chi connectivity index (χ0) is 12.7. The van der Waals surface area contributed by atoms with Gasteiger partial charge in [-0.05, 0) is 18.6 Å². The van der Waals surface area contributed by atoms with Crippen molar-refractivity contribution in [2.75, 3.05) is 6.54 Å². The summed E-state index contributed by atoms with van der Waals surface area (Å²) in [5.74, 6) is -1.21. The summed E-state index contributed by atoms with van der Waals surface area (Å²) in [6.07, 6.45) is 3.02. The first-order chi connectivity index (χ1) is 8.08. The van der Waals surface area contributed by atoms with E-state index in [1.807, 2.05) is 31.2 Å². The molecule has 0 fully saturated rings. The molecule has 1 aromatic rings. The molecule has 0 saturated carbocycles. The molecule has 0 aliphatic rings. The maximum absolute atomic E-state index is 11.3. The molecule has 0 atom stereocenters. The summed E-state index contributed by atoms with van der Waals surface area (Å²) in [5.41, 5.74) is 2.09. The summed E-state index contributed by atoms with van der Waals surface area (Å²) >= 11 is 0. The Bertz CT molecular complexity index is 421. The first-order valence-corrected chi connectivity index (χ1v) is 5.32.